The second-order valence-corrected chi connectivity index (χ2v) is 8.59. The molecular weight excluding hydrogens is 428 g/mol. The third kappa shape index (κ3) is 6.56. The molecule has 1 aliphatic rings. The average molecular weight is 461 g/mol. The van der Waals surface area contributed by atoms with Gasteiger partial charge in [-0.3, -0.25) is 15.2 Å². The maximum absolute atomic E-state index is 12.3. The van der Waals surface area contributed by atoms with E-state index in [9.17, 15) is 4.79 Å². The van der Waals surface area contributed by atoms with Crippen LogP contribution in [0.4, 0.5) is 5.69 Å². The molecule has 0 radical (unpaired) electrons. The number of carbonyl (C=O) groups excluding carboxylic acids is 1. The van der Waals surface area contributed by atoms with Crippen LogP contribution in [0.3, 0.4) is 0 Å². The van der Waals surface area contributed by atoms with Crippen LogP contribution in [0, 0.1) is 0 Å². The van der Waals surface area contributed by atoms with Crippen molar-refractivity contribution in [3.05, 3.63) is 83.7 Å². The van der Waals surface area contributed by atoms with Crippen molar-refractivity contribution < 1.29 is 14.3 Å². The molecule has 0 spiro atoms. The Morgan fingerprint density at radius 1 is 1.00 bits per heavy atom. The molecule has 1 saturated carbocycles. The SMILES string of the molecule is COc1ccc(CNN(C)Cc2ccc(NC(=O)c3ccncc3)cc2)cc1OC1CCCC1. The maximum atomic E-state index is 12.3. The fraction of sp³-hybridized carbons (Fsp3) is 0.333. The highest BCUT2D eigenvalue weighted by molar-refractivity contribution is 6.04. The molecule has 0 aliphatic heterocycles. The molecule has 1 amide bonds. The standard InChI is InChI=1S/C27H32N4O3/c1-31(19-20-7-10-23(11-8-20)30-27(32)22-13-15-28-16-14-22)29-18-21-9-12-25(33-2)26(17-21)34-24-5-3-4-6-24/h7-17,24,29H,3-6,18-19H2,1-2H3,(H,30,32). The van der Waals surface area contributed by atoms with Crippen molar-refractivity contribution in [3.8, 4) is 11.5 Å². The van der Waals surface area contributed by atoms with Gasteiger partial charge in [-0.15, -0.1) is 0 Å². The number of hydrazine groups is 1. The van der Waals surface area contributed by atoms with Crippen molar-refractivity contribution in [3.63, 3.8) is 0 Å². The monoisotopic (exact) mass is 460 g/mol. The van der Waals surface area contributed by atoms with E-state index < -0.39 is 0 Å². The third-order valence-electron chi connectivity index (χ3n) is 5.95. The minimum absolute atomic E-state index is 0.148. The van der Waals surface area contributed by atoms with Gasteiger partial charge in [0, 0.05) is 43.8 Å². The van der Waals surface area contributed by atoms with Crippen molar-refractivity contribution in [1.82, 2.24) is 15.4 Å². The van der Waals surface area contributed by atoms with Crippen LogP contribution in [0.25, 0.3) is 0 Å². The van der Waals surface area contributed by atoms with Crippen molar-refractivity contribution in [2.24, 2.45) is 0 Å². The molecular formula is C27H32N4O3. The van der Waals surface area contributed by atoms with Gasteiger partial charge >= 0.3 is 0 Å². The van der Waals surface area contributed by atoms with Crippen LogP contribution in [0.2, 0.25) is 0 Å². The number of hydrogen-bond donors (Lipinski definition) is 2. The van der Waals surface area contributed by atoms with Crippen LogP contribution in [0.5, 0.6) is 11.5 Å². The van der Waals surface area contributed by atoms with E-state index in [-0.39, 0.29) is 12.0 Å². The van der Waals surface area contributed by atoms with Crippen molar-refractivity contribution >= 4 is 11.6 Å². The first-order valence-electron chi connectivity index (χ1n) is 11.7. The van der Waals surface area contributed by atoms with Crippen LogP contribution >= 0.6 is 0 Å². The van der Waals surface area contributed by atoms with Crippen LogP contribution in [-0.2, 0) is 13.1 Å². The molecule has 1 heterocycles. The Bertz CT molecular complexity index is 1070. The molecule has 0 unspecified atom stereocenters. The van der Waals surface area contributed by atoms with Gasteiger partial charge in [0.15, 0.2) is 11.5 Å². The summed E-state index contributed by atoms with van der Waals surface area (Å²) in [5, 5.41) is 4.96. The molecule has 4 rings (SSSR count). The summed E-state index contributed by atoms with van der Waals surface area (Å²) in [6.07, 6.45) is 8.19. The molecule has 0 saturated heterocycles. The van der Waals surface area contributed by atoms with E-state index in [2.05, 4.69) is 27.9 Å². The predicted octanol–water partition coefficient (Wildman–Crippen LogP) is 4.80. The Kier molecular flexibility index (Phi) is 8.12. The Morgan fingerprint density at radius 3 is 2.41 bits per heavy atom. The van der Waals surface area contributed by atoms with Crippen molar-refractivity contribution in [2.75, 3.05) is 19.5 Å². The molecule has 7 nitrogen and oxygen atoms in total. The lowest BCUT2D eigenvalue weighted by Crippen LogP contribution is -2.33. The number of amides is 1. The van der Waals surface area contributed by atoms with Gasteiger partial charge in [-0.05, 0) is 73.2 Å². The molecule has 2 N–H and O–H groups in total. The van der Waals surface area contributed by atoms with Crippen LogP contribution in [0.1, 0.15) is 47.2 Å². The van der Waals surface area contributed by atoms with Crippen LogP contribution in [-0.4, -0.2) is 36.2 Å². The Hall–Kier alpha value is -3.42. The first kappa shape index (κ1) is 23.7. The summed E-state index contributed by atoms with van der Waals surface area (Å²) in [6.45, 7) is 1.40. The first-order chi connectivity index (χ1) is 16.6. The largest absolute Gasteiger partial charge is 0.493 e. The first-order valence-corrected chi connectivity index (χ1v) is 11.7. The fourth-order valence-electron chi connectivity index (χ4n) is 4.06. The number of methoxy groups -OCH3 is 1. The molecule has 1 fully saturated rings. The molecule has 0 atom stereocenters. The topological polar surface area (TPSA) is 75.7 Å². The number of aromatic nitrogens is 1. The van der Waals surface area contributed by atoms with E-state index in [0.717, 1.165) is 47.7 Å². The van der Waals surface area contributed by atoms with Crippen molar-refractivity contribution in [2.45, 2.75) is 44.9 Å². The van der Waals surface area contributed by atoms with Crippen molar-refractivity contribution in [1.29, 1.82) is 0 Å². The summed E-state index contributed by atoms with van der Waals surface area (Å²) in [6, 6.07) is 17.3. The van der Waals surface area contributed by atoms with E-state index in [0.29, 0.717) is 12.1 Å². The minimum atomic E-state index is -0.148. The summed E-state index contributed by atoms with van der Waals surface area (Å²) in [7, 11) is 3.69. The summed E-state index contributed by atoms with van der Waals surface area (Å²) in [5.74, 6) is 1.45. The summed E-state index contributed by atoms with van der Waals surface area (Å²) in [4.78, 5) is 16.2. The Morgan fingerprint density at radius 2 is 1.71 bits per heavy atom. The lowest BCUT2D eigenvalue weighted by Gasteiger charge is -2.20. The van der Waals surface area contributed by atoms with Gasteiger partial charge in [0.1, 0.15) is 0 Å². The predicted molar refractivity (Wildman–Crippen MR) is 133 cm³/mol. The van der Waals surface area contributed by atoms with E-state index in [1.54, 1.807) is 31.6 Å². The van der Waals surface area contributed by atoms with Crippen LogP contribution in [0.15, 0.2) is 67.0 Å². The lowest BCUT2D eigenvalue weighted by molar-refractivity contribution is 0.102. The minimum Gasteiger partial charge on any atom is -0.493 e. The van der Waals surface area contributed by atoms with E-state index >= 15 is 0 Å². The zero-order chi connectivity index (χ0) is 23.8. The maximum Gasteiger partial charge on any atom is 0.255 e. The quantitative estimate of drug-likeness (QED) is 0.423. The van der Waals surface area contributed by atoms with E-state index in [1.165, 1.54) is 12.8 Å². The number of pyridine rings is 1. The van der Waals surface area contributed by atoms with Gasteiger partial charge in [-0.25, -0.2) is 5.01 Å². The molecule has 3 aromatic rings. The normalized spacial score (nSPS) is 13.7. The highest BCUT2D eigenvalue weighted by Gasteiger charge is 2.18. The molecule has 2 aromatic carbocycles. The number of anilines is 1. The molecule has 0 bridgehead atoms. The molecule has 34 heavy (non-hydrogen) atoms. The van der Waals surface area contributed by atoms with E-state index in [1.807, 2.05) is 42.4 Å². The second kappa shape index (κ2) is 11.6. The second-order valence-electron chi connectivity index (χ2n) is 8.59. The third-order valence-corrected chi connectivity index (χ3v) is 5.95. The number of hydrogen-bond acceptors (Lipinski definition) is 6. The summed E-state index contributed by atoms with van der Waals surface area (Å²) < 4.78 is 11.7. The highest BCUT2D eigenvalue weighted by Crippen LogP contribution is 2.32. The Labute approximate surface area is 201 Å². The summed E-state index contributed by atoms with van der Waals surface area (Å²) >= 11 is 0. The van der Waals surface area contributed by atoms with Gasteiger partial charge in [-0.1, -0.05) is 18.2 Å². The lowest BCUT2D eigenvalue weighted by atomic mass is 10.2. The van der Waals surface area contributed by atoms with Gasteiger partial charge in [-0.2, -0.15) is 0 Å². The molecule has 1 aromatic heterocycles. The van der Waals surface area contributed by atoms with Gasteiger partial charge < -0.3 is 14.8 Å². The average Bonchev–Trinajstić information content (AvgIpc) is 3.38. The number of benzene rings is 2. The molecule has 1 aliphatic carbocycles. The van der Waals surface area contributed by atoms with Gasteiger partial charge in [0.2, 0.25) is 0 Å². The zero-order valence-corrected chi connectivity index (χ0v) is 19.8. The molecule has 178 valence electrons. The summed E-state index contributed by atoms with van der Waals surface area (Å²) in [5.41, 5.74) is 7.05. The number of nitrogens with zero attached hydrogens (tertiary/aromatic N) is 2. The van der Waals surface area contributed by atoms with Crippen LogP contribution < -0.4 is 20.2 Å². The number of carbonyl (C=O) groups is 1. The molecule has 7 heteroatoms. The van der Waals surface area contributed by atoms with E-state index in [4.69, 9.17) is 9.47 Å². The Balaban J connectivity index is 1.28. The van der Waals surface area contributed by atoms with Gasteiger partial charge in [0.05, 0.1) is 13.2 Å². The van der Waals surface area contributed by atoms with Gasteiger partial charge in [0.25, 0.3) is 5.91 Å². The highest BCUT2D eigenvalue weighted by atomic mass is 16.5. The zero-order valence-electron chi connectivity index (χ0n) is 19.8. The number of ether oxygens (including phenoxy) is 2. The smallest absolute Gasteiger partial charge is 0.255 e. The number of rotatable bonds is 10. The fourth-order valence-corrected chi connectivity index (χ4v) is 4.06. The number of nitrogens with one attached hydrogen (secondary N) is 2.